The molecule has 21 heavy (non-hydrogen) atoms. The van der Waals surface area contributed by atoms with Crippen LogP contribution in [-0.2, 0) is 4.74 Å². The highest BCUT2D eigenvalue weighted by molar-refractivity contribution is 5.45. The Labute approximate surface area is 125 Å². The van der Waals surface area contributed by atoms with Crippen molar-refractivity contribution in [2.75, 3.05) is 13.4 Å². The molecule has 2 bridgehead atoms. The van der Waals surface area contributed by atoms with Crippen molar-refractivity contribution in [3.8, 4) is 11.5 Å². The lowest BCUT2D eigenvalue weighted by Gasteiger charge is -2.47. The van der Waals surface area contributed by atoms with E-state index in [2.05, 4.69) is 39.0 Å². The van der Waals surface area contributed by atoms with Gasteiger partial charge in [-0.25, -0.2) is 0 Å². The fourth-order valence-corrected chi connectivity index (χ4v) is 4.34. The first-order valence-electron chi connectivity index (χ1n) is 7.84. The van der Waals surface area contributed by atoms with Crippen molar-refractivity contribution in [3.05, 3.63) is 35.4 Å². The third-order valence-electron chi connectivity index (χ3n) is 5.49. The van der Waals surface area contributed by atoms with Gasteiger partial charge in [0.05, 0.1) is 12.7 Å². The maximum absolute atomic E-state index is 6.26. The average molecular weight is 286 g/mol. The van der Waals surface area contributed by atoms with E-state index < -0.39 is 0 Å². The molecule has 3 nitrogen and oxygen atoms in total. The van der Waals surface area contributed by atoms with E-state index >= 15 is 0 Å². The van der Waals surface area contributed by atoms with Crippen molar-refractivity contribution in [1.29, 1.82) is 0 Å². The van der Waals surface area contributed by atoms with Crippen LogP contribution in [0.25, 0.3) is 0 Å². The molecule has 5 atom stereocenters. The van der Waals surface area contributed by atoms with Crippen molar-refractivity contribution in [1.82, 2.24) is 0 Å². The van der Waals surface area contributed by atoms with Crippen molar-refractivity contribution < 1.29 is 14.2 Å². The van der Waals surface area contributed by atoms with E-state index in [1.165, 1.54) is 11.1 Å². The zero-order chi connectivity index (χ0) is 14.6. The minimum absolute atomic E-state index is 0.134. The number of allylic oxidation sites excluding steroid dienone is 1. The second kappa shape index (κ2) is 4.77. The monoisotopic (exact) mass is 286 g/mol. The van der Waals surface area contributed by atoms with E-state index in [-0.39, 0.29) is 6.10 Å². The summed E-state index contributed by atoms with van der Waals surface area (Å²) in [5, 5.41) is 0. The lowest BCUT2D eigenvalue weighted by molar-refractivity contribution is -0.0934. The van der Waals surface area contributed by atoms with Gasteiger partial charge in [0, 0.05) is 5.92 Å². The van der Waals surface area contributed by atoms with Crippen LogP contribution < -0.4 is 9.47 Å². The van der Waals surface area contributed by atoms with Crippen LogP contribution >= 0.6 is 0 Å². The number of fused-ring (bicyclic) bond motifs is 3. The number of ether oxygens (including phenoxy) is 3. The summed E-state index contributed by atoms with van der Waals surface area (Å²) < 4.78 is 17.2. The summed E-state index contributed by atoms with van der Waals surface area (Å²) in [6.45, 7) is 8.11. The van der Waals surface area contributed by atoms with E-state index in [1.807, 2.05) is 6.07 Å². The van der Waals surface area contributed by atoms with Crippen molar-refractivity contribution in [2.45, 2.75) is 26.9 Å². The Balaban J connectivity index is 1.71. The Morgan fingerprint density at radius 1 is 1.10 bits per heavy atom. The molecule has 2 aliphatic heterocycles. The number of rotatable bonds is 1. The highest BCUT2D eigenvalue weighted by Crippen LogP contribution is 2.50. The minimum atomic E-state index is 0.134. The highest BCUT2D eigenvalue weighted by Gasteiger charge is 2.43. The van der Waals surface area contributed by atoms with Gasteiger partial charge in [-0.1, -0.05) is 31.6 Å². The average Bonchev–Trinajstić information content (AvgIpc) is 2.91. The van der Waals surface area contributed by atoms with Crippen molar-refractivity contribution in [3.63, 3.8) is 0 Å². The summed E-state index contributed by atoms with van der Waals surface area (Å²) in [6, 6.07) is 6.21. The van der Waals surface area contributed by atoms with E-state index in [1.54, 1.807) is 0 Å². The Bertz CT molecular complexity index is 592. The van der Waals surface area contributed by atoms with Gasteiger partial charge in [0.1, 0.15) is 0 Å². The fraction of sp³-hybridized carbons (Fsp3) is 0.556. The molecule has 0 saturated carbocycles. The fourth-order valence-electron chi connectivity index (χ4n) is 4.34. The summed E-state index contributed by atoms with van der Waals surface area (Å²) >= 11 is 0. The Morgan fingerprint density at radius 3 is 2.76 bits per heavy atom. The van der Waals surface area contributed by atoms with Gasteiger partial charge in [-0.05, 0) is 42.4 Å². The van der Waals surface area contributed by atoms with Gasteiger partial charge in [-0.2, -0.15) is 0 Å². The quantitative estimate of drug-likeness (QED) is 0.732. The second-order valence-corrected chi connectivity index (χ2v) is 6.69. The molecule has 1 fully saturated rings. The molecule has 4 rings (SSSR count). The van der Waals surface area contributed by atoms with E-state index in [0.29, 0.717) is 30.5 Å². The molecule has 112 valence electrons. The topological polar surface area (TPSA) is 27.7 Å². The van der Waals surface area contributed by atoms with Crippen LogP contribution in [0.1, 0.15) is 32.4 Å². The summed E-state index contributed by atoms with van der Waals surface area (Å²) in [7, 11) is 0. The summed E-state index contributed by atoms with van der Waals surface area (Å²) in [6.07, 6.45) is 2.58. The molecule has 0 unspecified atom stereocenters. The molecule has 1 aromatic carbocycles. The predicted octanol–water partition coefficient (Wildman–Crippen LogP) is 3.95. The first kappa shape index (κ1) is 13.2. The molecule has 2 heterocycles. The normalized spacial score (nSPS) is 37.3. The van der Waals surface area contributed by atoms with Crippen LogP contribution in [-0.4, -0.2) is 13.4 Å². The number of hydrogen-bond donors (Lipinski definition) is 0. The van der Waals surface area contributed by atoms with Crippen molar-refractivity contribution >= 4 is 0 Å². The van der Waals surface area contributed by atoms with E-state index in [9.17, 15) is 0 Å². The Kier molecular flexibility index (Phi) is 3.00. The zero-order valence-corrected chi connectivity index (χ0v) is 12.8. The molecular weight excluding hydrogens is 264 g/mol. The third-order valence-corrected chi connectivity index (χ3v) is 5.49. The molecular formula is C18H22O3. The number of hydrogen-bond acceptors (Lipinski definition) is 3. The van der Waals surface area contributed by atoms with Gasteiger partial charge >= 0.3 is 0 Å². The molecule has 0 radical (unpaired) electrons. The standard InChI is InChI=1S/C18H22O3/c1-10-6-11(2)17-12(3)14(10)8-19-18(17)13-4-5-15-16(7-13)21-9-20-15/h4-7,10,12,14,17-18H,8-9H2,1-3H3/t10-,12+,14-,17+,18-/m1/s1. The lowest BCUT2D eigenvalue weighted by atomic mass is 9.64. The van der Waals surface area contributed by atoms with Crippen LogP contribution in [0.4, 0.5) is 0 Å². The molecule has 0 spiro atoms. The maximum Gasteiger partial charge on any atom is 0.231 e. The molecule has 1 aliphatic carbocycles. The first-order valence-corrected chi connectivity index (χ1v) is 7.84. The van der Waals surface area contributed by atoms with Crippen LogP contribution in [0.3, 0.4) is 0 Å². The number of benzene rings is 1. The molecule has 1 saturated heterocycles. The van der Waals surface area contributed by atoms with Gasteiger partial charge in [-0.3, -0.25) is 0 Å². The summed E-state index contributed by atoms with van der Waals surface area (Å²) in [4.78, 5) is 0. The molecule has 3 aliphatic rings. The molecule has 1 aromatic rings. The largest absolute Gasteiger partial charge is 0.454 e. The Hall–Kier alpha value is -1.48. The van der Waals surface area contributed by atoms with Crippen LogP contribution in [0.15, 0.2) is 29.8 Å². The predicted molar refractivity (Wildman–Crippen MR) is 80.3 cm³/mol. The molecule has 0 N–H and O–H groups in total. The van der Waals surface area contributed by atoms with Crippen LogP contribution in [0.5, 0.6) is 11.5 Å². The van der Waals surface area contributed by atoms with E-state index in [4.69, 9.17) is 14.2 Å². The lowest BCUT2D eigenvalue weighted by Crippen LogP contribution is -2.42. The maximum atomic E-state index is 6.26. The Morgan fingerprint density at radius 2 is 1.90 bits per heavy atom. The van der Waals surface area contributed by atoms with Crippen LogP contribution in [0.2, 0.25) is 0 Å². The van der Waals surface area contributed by atoms with Gasteiger partial charge in [0.2, 0.25) is 6.79 Å². The van der Waals surface area contributed by atoms with Crippen molar-refractivity contribution in [2.24, 2.45) is 23.7 Å². The van der Waals surface area contributed by atoms with Gasteiger partial charge in [0.25, 0.3) is 0 Å². The van der Waals surface area contributed by atoms with Gasteiger partial charge in [0.15, 0.2) is 11.5 Å². The van der Waals surface area contributed by atoms with Crippen LogP contribution in [0, 0.1) is 23.7 Å². The third kappa shape index (κ3) is 1.98. The SMILES string of the molecule is CC1=C[C@@H](C)[C@H]2CO[C@H](c3ccc4c(c3)OCO4)[C@@H]1[C@H]2C. The second-order valence-electron chi connectivity index (χ2n) is 6.69. The zero-order valence-electron chi connectivity index (χ0n) is 12.8. The minimum Gasteiger partial charge on any atom is -0.454 e. The first-order chi connectivity index (χ1) is 10.1. The van der Waals surface area contributed by atoms with E-state index in [0.717, 1.165) is 18.1 Å². The highest BCUT2D eigenvalue weighted by atomic mass is 16.7. The molecule has 3 heteroatoms. The van der Waals surface area contributed by atoms with Gasteiger partial charge in [-0.15, -0.1) is 0 Å². The molecule has 0 amide bonds. The summed E-state index contributed by atoms with van der Waals surface area (Å²) in [5.74, 6) is 4.08. The molecule has 0 aromatic heterocycles. The smallest absolute Gasteiger partial charge is 0.231 e. The van der Waals surface area contributed by atoms with Gasteiger partial charge < -0.3 is 14.2 Å². The summed E-state index contributed by atoms with van der Waals surface area (Å²) in [5.41, 5.74) is 2.67.